The van der Waals surface area contributed by atoms with Crippen LogP contribution >= 0.6 is 34.8 Å². The van der Waals surface area contributed by atoms with Crippen molar-refractivity contribution in [3.8, 4) is 5.75 Å². The lowest BCUT2D eigenvalue weighted by molar-refractivity contribution is -0.127. The summed E-state index contributed by atoms with van der Waals surface area (Å²) in [7, 11) is 4.96. The number of methoxy groups -OCH3 is 1. The van der Waals surface area contributed by atoms with E-state index in [2.05, 4.69) is 15.6 Å². The summed E-state index contributed by atoms with van der Waals surface area (Å²) in [6.45, 7) is 1.80. The van der Waals surface area contributed by atoms with Gasteiger partial charge in [-0.2, -0.15) is 0 Å². The molecule has 0 unspecified atom stereocenters. The Morgan fingerprint density at radius 3 is 2.23 bits per heavy atom. The number of carbonyl (C=O) groups is 1. The molecular weight excluding hydrogens is 403 g/mol. The Kier molecular flexibility index (Phi) is 10.5. The van der Waals surface area contributed by atoms with Crippen LogP contribution in [0.5, 0.6) is 5.75 Å². The number of amides is 1. The molecule has 1 aromatic carbocycles. The van der Waals surface area contributed by atoms with E-state index in [1.165, 1.54) is 4.90 Å². The molecule has 1 rings (SSSR count). The monoisotopic (exact) mass is 424 g/mol. The molecule has 7 nitrogen and oxygen atoms in total. The molecule has 26 heavy (non-hydrogen) atoms. The van der Waals surface area contributed by atoms with Crippen LogP contribution in [0.2, 0.25) is 15.1 Å². The summed E-state index contributed by atoms with van der Waals surface area (Å²) < 4.78 is 10.6. The molecule has 0 radical (unpaired) electrons. The molecule has 0 aromatic heterocycles. The van der Waals surface area contributed by atoms with Crippen molar-refractivity contribution in [1.82, 2.24) is 15.5 Å². The summed E-state index contributed by atoms with van der Waals surface area (Å²) in [6, 6.07) is 3.12. The highest BCUT2D eigenvalue weighted by Gasteiger charge is 2.09. The Labute approximate surface area is 168 Å². The van der Waals surface area contributed by atoms with E-state index >= 15 is 0 Å². The Morgan fingerprint density at radius 1 is 1.12 bits per heavy atom. The van der Waals surface area contributed by atoms with Crippen LogP contribution in [0, 0.1) is 0 Å². The molecule has 0 spiro atoms. The van der Waals surface area contributed by atoms with E-state index in [-0.39, 0.29) is 19.1 Å². The summed E-state index contributed by atoms with van der Waals surface area (Å²) in [5, 5.41) is 7.25. The molecule has 0 heterocycles. The molecular formula is C16H23Cl3N4O3. The predicted octanol–water partition coefficient (Wildman–Crippen LogP) is 2.30. The first-order chi connectivity index (χ1) is 12.3. The van der Waals surface area contributed by atoms with Gasteiger partial charge in [0.05, 0.1) is 23.2 Å². The molecule has 0 aliphatic heterocycles. The molecule has 0 bridgehead atoms. The average molecular weight is 426 g/mol. The molecule has 10 heteroatoms. The van der Waals surface area contributed by atoms with E-state index in [1.54, 1.807) is 33.3 Å². The van der Waals surface area contributed by atoms with Crippen LogP contribution in [0.25, 0.3) is 0 Å². The number of nitrogens with zero attached hydrogens (tertiary/aromatic N) is 2. The number of rotatable bonds is 9. The van der Waals surface area contributed by atoms with Gasteiger partial charge in [0.15, 0.2) is 11.7 Å². The molecule has 2 N–H and O–H groups in total. The van der Waals surface area contributed by atoms with Crippen LogP contribution in [0.3, 0.4) is 0 Å². The van der Waals surface area contributed by atoms with Crippen molar-refractivity contribution < 1.29 is 14.3 Å². The van der Waals surface area contributed by atoms with Gasteiger partial charge in [-0.15, -0.1) is 0 Å². The SMILES string of the molecule is COCCNC(=NCC(=O)N(C)C)NCCOc1c(Cl)cc(Cl)cc1Cl. The number of likely N-dealkylation sites (N-methyl/N-ethyl adjacent to an activating group) is 1. The fourth-order valence-corrected chi connectivity index (χ4v) is 2.65. The Bertz CT molecular complexity index is 604. The predicted molar refractivity (Wildman–Crippen MR) is 106 cm³/mol. The van der Waals surface area contributed by atoms with E-state index in [0.29, 0.717) is 46.5 Å². The lowest BCUT2D eigenvalue weighted by Crippen LogP contribution is -2.41. The zero-order valence-electron chi connectivity index (χ0n) is 14.9. The van der Waals surface area contributed by atoms with Gasteiger partial charge in [-0.25, -0.2) is 4.99 Å². The zero-order chi connectivity index (χ0) is 19.5. The van der Waals surface area contributed by atoms with E-state index in [0.717, 1.165) is 0 Å². The summed E-state index contributed by atoms with van der Waals surface area (Å²) in [6.07, 6.45) is 0. The zero-order valence-corrected chi connectivity index (χ0v) is 17.2. The summed E-state index contributed by atoms with van der Waals surface area (Å²) in [5.41, 5.74) is 0. The van der Waals surface area contributed by atoms with Gasteiger partial charge < -0.3 is 25.0 Å². The normalized spacial score (nSPS) is 11.2. The van der Waals surface area contributed by atoms with Crippen LogP contribution in [-0.2, 0) is 9.53 Å². The number of guanidine groups is 1. The third-order valence-electron chi connectivity index (χ3n) is 3.07. The minimum Gasteiger partial charge on any atom is -0.489 e. The molecule has 1 aromatic rings. The molecule has 0 atom stereocenters. The van der Waals surface area contributed by atoms with Crippen molar-refractivity contribution in [1.29, 1.82) is 0 Å². The van der Waals surface area contributed by atoms with Crippen LogP contribution in [0.15, 0.2) is 17.1 Å². The Morgan fingerprint density at radius 2 is 1.69 bits per heavy atom. The topological polar surface area (TPSA) is 75.2 Å². The van der Waals surface area contributed by atoms with Crippen LogP contribution in [0.4, 0.5) is 0 Å². The highest BCUT2D eigenvalue weighted by molar-refractivity contribution is 6.40. The molecule has 1 amide bonds. The van der Waals surface area contributed by atoms with Crippen LogP contribution < -0.4 is 15.4 Å². The fraction of sp³-hybridized carbons (Fsp3) is 0.500. The first-order valence-corrected chi connectivity index (χ1v) is 8.97. The molecule has 0 saturated carbocycles. The average Bonchev–Trinajstić information content (AvgIpc) is 2.57. The second-order valence-corrected chi connectivity index (χ2v) is 6.60. The lowest BCUT2D eigenvalue weighted by atomic mass is 10.3. The van der Waals surface area contributed by atoms with Crippen molar-refractivity contribution in [2.45, 2.75) is 0 Å². The van der Waals surface area contributed by atoms with Crippen LogP contribution in [-0.4, -0.2) is 70.8 Å². The molecule has 0 aliphatic carbocycles. The van der Waals surface area contributed by atoms with Crippen molar-refractivity contribution in [3.63, 3.8) is 0 Å². The maximum absolute atomic E-state index is 11.7. The van der Waals surface area contributed by atoms with E-state index in [4.69, 9.17) is 44.3 Å². The standard InChI is InChI=1S/C16H23Cl3N4O3/c1-23(2)14(24)10-22-16(20-4-6-25-3)21-5-7-26-15-12(18)8-11(17)9-13(15)19/h8-9H,4-7,10H2,1-3H3,(H2,20,21,22). The second kappa shape index (κ2) is 12.1. The highest BCUT2D eigenvalue weighted by Crippen LogP contribution is 2.35. The maximum Gasteiger partial charge on any atom is 0.243 e. The number of aliphatic imine (C=N–C) groups is 1. The van der Waals surface area contributed by atoms with Gasteiger partial charge in [0, 0.05) is 32.8 Å². The summed E-state index contributed by atoms with van der Waals surface area (Å²) >= 11 is 18.0. The van der Waals surface area contributed by atoms with Crippen molar-refractivity contribution >= 4 is 46.7 Å². The van der Waals surface area contributed by atoms with Crippen LogP contribution in [0.1, 0.15) is 0 Å². The number of carbonyl (C=O) groups excluding carboxylic acids is 1. The first kappa shape index (κ1) is 22.6. The van der Waals surface area contributed by atoms with Gasteiger partial charge in [0.2, 0.25) is 5.91 Å². The third kappa shape index (κ3) is 8.31. The van der Waals surface area contributed by atoms with Crippen molar-refractivity contribution in [2.75, 3.05) is 54.1 Å². The molecule has 0 fully saturated rings. The Balaban J connectivity index is 2.55. The minimum atomic E-state index is -0.103. The number of halogens is 3. The van der Waals surface area contributed by atoms with E-state index < -0.39 is 0 Å². The van der Waals surface area contributed by atoms with Gasteiger partial charge in [0.1, 0.15) is 13.2 Å². The number of ether oxygens (including phenoxy) is 2. The van der Waals surface area contributed by atoms with Gasteiger partial charge in [-0.3, -0.25) is 4.79 Å². The van der Waals surface area contributed by atoms with Gasteiger partial charge >= 0.3 is 0 Å². The highest BCUT2D eigenvalue weighted by atomic mass is 35.5. The lowest BCUT2D eigenvalue weighted by Gasteiger charge is -2.15. The number of hydrogen-bond donors (Lipinski definition) is 2. The maximum atomic E-state index is 11.7. The third-order valence-corrected chi connectivity index (χ3v) is 3.85. The summed E-state index contributed by atoms with van der Waals surface area (Å²) in [5.74, 6) is 0.746. The van der Waals surface area contributed by atoms with E-state index in [9.17, 15) is 4.79 Å². The number of nitrogens with one attached hydrogen (secondary N) is 2. The number of benzene rings is 1. The smallest absolute Gasteiger partial charge is 0.243 e. The fourth-order valence-electron chi connectivity index (χ4n) is 1.72. The minimum absolute atomic E-state index is 0.0328. The van der Waals surface area contributed by atoms with E-state index in [1.807, 2.05) is 0 Å². The van der Waals surface area contributed by atoms with Gasteiger partial charge in [-0.05, 0) is 12.1 Å². The van der Waals surface area contributed by atoms with Crippen molar-refractivity contribution in [3.05, 3.63) is 27.2 Å². The molecule has 146 valence electrons. The van der Waals surface area contributed by atoms with Gasteiger partial charge in [-0.1, -0.05) is 34.8 Å². The first-order valence-electron chi connectivity index (χ1n) is 7.83. The number of hydrogen-bond acceptors (Lipinski definition) is 4. The quantitative estimate of drug-likeness (QED) is 0.361. The second-order valence-electron chi connectivity index (χ2n) is 5.35. The van der Waals surface area contributed by atoms with Gasteiger partial charge in [0.25, 0.3) is 0 Å². The Hall–Kier alpha value is -1.41. The largest absolute Gasteiger partial charge is 0.489 e. The van der Waals surface area contributed by atoms with Crippen molar-refractivity contribution in [2.24, 2.45) is 4.99 Å². The summed E-state index contributed by atoms with van der Waals surface area (Å²) in [4.78, 5) is 17.4. The molecule has 0 saturated heterocycles. The molecule has 0 aliphatic rings.